The molecule has 4 nitrogen and oxygen atoms in total. The van der Waals surface area contributed by atoms with Crippen LogP contribution in [0, 0.1) is 0 Å². The lowest BCUT2D eigenvalue weighted by molar-refractivity contribution is 0.644. The van der Waals surface area contributed by atoms with Gasteiger partial charge in [0.05, 0.1) is 0 Å². The van der Waals surface area contributed by atoms with Crippen molar-refractivity contribution in [2.24, 2.45) is 0 Å². The van der Waals surface area contributed by atoms with Crippen LogP contribution in [0.2, 0.25) is 0 Å². The topological polar surface area (TPSA) is 50.7 Å². The average Bonchev–Trinajstić information content (AvgIpc) is 2.90. The van der Waals surface area contributed by atoms with Crippen molar-refractivity contribution in [3.05, 3.63) is 41.7 Å². The molecule has 2 aromatic heterocycles. The molecule has 0 saturated carbocycles. The molecular weight excluding hydrogens is 256 g/mol. The van der Waals surface area contributed by atoms with Gasteiger partial charge in [0.1, 0.15) is 5.01 Å². The van der Waals surface area contributed by atoms with Crippen molar-refractivity contribution >= 4 is 21.8 Å². The Labute approximate surface area is 114 Å². The van der Waals surface area contributed by atoms with Crippen LogP contribution in [0.1, 0.15) is 11.1 Å². The Morgan fingerprint density at radius 2 is 2.05 bits per heavy atom. The normalized spacial score (nSPS) is 14.5. The highest BCUT2D eigenvalue weighted by Gasteiger charge is 2.12. The van der Waals surface area contributed by atoms with Crippen molar-refractivity contribution in [1.29, 1.82) is 0 Å². The van der Waals surface area contributed by atoms with Crippen molar-refractivity contribution in [3.63, 3.8) is 0 Å². The summed E-state index contributed by atoms with van der Waals surface area (Å²) >= 11 is 1.60. The van der Waals surface area contributed by atoms with Gasteiger partial charge in [-0.15, -0.1) is 0 Å². The Bertz CT molecular complexity index is 717. The maximum absolute atomic E-state index is 4.56. The van der Waals surface area contributed by atoms with E-state index in [9.17, 15) is 0 Å². The van der Waals surface area contributed by atoms with Gasteiger partial charge in [-0.1, -0.05) is 23.5 Å². The summed E-state index contributed by atoms with van der Waals surface area (Å²) in [5.74, 6) is 0. The first-order chi connectivity index (χ1) is 9.40. The molecule has 94 valence electrons. The molecule has 0 radical (unpaired) electrons. The second kappa shape index (κ2) is 4.36. The summed E-state index contributed by atoms with van der Waals surface area (Å²) in [6, 6.07) is 6.61. The fourth-order valence-electron chi connectivity index (χ4n) is 2.41. The lowest BCUT2D eigenvalue weighted by Gasteiger charge is -2.17. The summed E-state index contributed by atoms with van der Waals surface area (Å²) < 4.78 is 0. The van der Waals surface area contributed by atoms with E-state index in [2.05, 4.69) is 38.5 Å². The minimum absolute atomic E-state index is 0.735. The van der Waals surface area contributed by atoms with Gasteiger partial charge in [-0.25, -0.2) is 15.0 Å². The Morgan fingerprint density at radius 1 is 1.11 bits per heavy atom. The molecule has 0 unspecified atom stereocenters. The maximum Gasteiger partial charge on any atom is 0.190 e. The summed E-state index contributed by atoms with van der Waals surface area (Å²) in [6.07, 6.45) is 4.50. The Kier molecular flexibility index (Phi) is 2.53. The van der Waals surface area contributed by atoms with Crippen molar-refractivity contribution < 1.29 is 0 Å². The standard InChI is InChI=1S/C14H12N4S/c1-2-10(7-11-8-15-4-3-9(1)11)13-18-12-14(19-13)17-6-5-16-12/h1-2,5-7,15H,3-4,8H2. The third kappa shape index (κ3) is 1.91. The summed E-state index contributed by atoms with van der Waals surface area (Å²) in [6.45, 7) is 2.02. The molecular formula is C14H12N4S. The first-order valence-corrected chi connectivity index (χ1v) is 7.12. The van der Waals surface area contributed by atoms with E-state index >= 15 is 0 Å². The molecule has 1 aromatic carbocycles. The Hall–Kier alpha value is -1.85. The molecule has 1 aliphatic heterocycles. The molecule has 0 aliphatic carbocycles. The molecule has 3 aromatic rings. The van der Waals surface area contributed by atoms with E-state index in [0.29, 0.717) is 0 Å². The van der Waals surface area contributed by atoms with Crippen molar-refractivity contribution in [1.82, 2.24) is 20.3 Å². The van der Waals surface area contributed by atoms with Gasteiger partial charge in [-0.05, 0) is 30.2 Å². The van der Waals surface area contributed by atoms with Crippen LogP contribution >= 0.6 is 11.3 Å². The molecule has 5 heteroatoms. The highest BCUT2D eigenvalue weighted by Crippen LogP contribution is 2.29. The van der Waals surface area contributed by atoms with E-state index < -0.39 is 0 Å². The number of hydrogen-bond donors (Lipinski definition) is 1. The van der Waals surface area contributed by atoms with E-state index in [1.165, 1.54) is 11.1 Å². The number of fused-ring (bicyclic) bond motifs is 2. The second-order valence-electron chi connectivity index (χ2n) is 4.61. The summed E-state index contributed by atoms with van der Waals surface area (Å²) in [5.41, 5.74) is 4.72. The molecule has 0 saturated heterocycles. The lowest BCUT2D eigenvalue weighted by Crippen LogP contribution is -2.23. The van der Waals surface area contributed by atoms with E-state index in [0.717, 1.165) is 40.6 Å². The second-order valence-corrected chi connectivity index (χ2v) is 5.59. The number of rotatable bonds is 1. The van der Waals surface area contributed by atoms with E-state index in [-0.39, 0.29) is 0 Å². The van der Waals surface area contributed by atoms with E-state index in [1.807, 2.05) is 0 Å². The van der Waals surface area contributed by atoms with Gasteiger partial charge >= 0.3 is 0 Å². The Morgan fingerprint density at radius 3 is 3.00 bits per heavy atom. The van der Waals surface area contributed by atoms with Gasteiger partial charge in [0.2, 0.25) is 0 Å². The van der Waals surface area contributed by atoms with Gasteiger partial charge in [-0.2, -0.15) is 0 Å². The summed E-state index contributed by atoms with van der Waals surface area (Å²) in [4.78, 5) is 14.0. The van der Waals surface area contributed by atoms with Crippen LogP contribution in [0.25, 0.3) is 21.0 Å². The molecule has 1 aliphatic rings. The quantitative estimate of drug-likeness (QED) is 0.736. The van der Waals surface area contributed by atoms with Crippen LogP contribution in [0.3, 0.4) is 0 Å². The number of aromatic nitrogens is 3. The molecule has 0 amide bonds. The first kappa shape index (κ1) is 11.0. The van der Waals surface area contributed by atoms with Gasteiger partial charge in [-0.3, -0.25) is 0 Å². The van der Waals surface area contributed by atoms with Crippen molar-refractivity contribution in [2.45, 2.75) is 13.0 Å². The third-order valence-electron chi connectivity index (χ3n) is 3.39. The average molecular weight is 268 g/mol. The number of thiazole rings is 1. The minimum Gasteiger partial charge on any atom is -0.312 e. The molecule has 0 bridgehead atoms. The van der Waals surface area contributed by atoms with Gasteiger partial charge in [0.25, 0.3) is 0 Å². The molecule has 0 atom stereocenters. The zero-order chi connectivity index (χ0) is 12.7. The fourth-order valence-corrected chi connectivity index (χ4v) is 3.28. The smallest absolute Gasteiger partial charge is 0.190 e. The van der Waals surface area contributed by atoms with Crippen LogP contribution in [0.15, 0.2) is 30.6 Å². The number of benzene rings is 1. The zero-order valence-electron chi connectivity index (χ0n) is 10.3. The van der Waals surface area contributed by atoms with Crippen molar-refractivity contribution in [3.8, 4) is 10.6 Å². The molecule has 3 heterocycles. The highest BCUT2D eigenvalue weighted by molar-refractivity contribution is 7.21. The van der Waals surface area contributed by atoms with Crippen molar-refractivity contribution in [2.75, 3.05) is 6.54 Å². The minimum atomic E-state index is 0.735. The number of nitrogens with zero attached hydrogens (tertiary/aromatic N) is 3. The highest BCUT2D eigenvalue weighted by atomic mass is 32.1. The predicted octanol–water partition coefficient (Wildman–Crippen LogP) is 2.40. The fraction of sp³-hybridized carbons (Fsp3) is 0.214. The number of nitrogens with one attached hydrogen (secondary N) is 1. The maximum atomic E-state index is 4.56. The molecule has 0 spiro atoms. The zero-order valence-corrected chi connectivity index (χ0v) is 11.1. The summed E-state index contributed by atoms with van der Waals surface area (Å²) in [7, 11) is 0. The Balaban J connectivity index is 1.83. The molecule has 1 N–H and O–H groups in total. The SMILES string of the molecule is c1cnc2sc(-c3ccc4c(c3)CNCC4)nc2n1. The summed E-state index contributed by atoms with van der Waals surface area (Å²) in [5, 5.41) is 4.40. The van der Waals surface area contributed by atoms with Crippen LogP contribution in [-0.2, 0) is 13.0 Å². The predicted molar refractivity (Wildman–Crippen MR) is 76.1 cm³/mol. The van der Waals surface area contributed by atoms with Gasteiger partial charge in [0.15, 0.2) is 10.5 Å². The largest absolute Gasteiger partial charge is 0.312 e. The molecule has 4 rings (SSSR count). The van der Waals surface area contributed by atoms with Crippen LogP contribution in [-0.4, -0.2) is 21.5 Å². The van der Waals surface area contributed by atoms with Crippen LogP contribution in [0.4, 0.5) is 0 Å². The van der Waals surface area contributed by atoms with Crippen LogP contribution in [0.5, 0.6) is 0 Å². The number of hydrogen-bond acceptors (Lipinski definition) is 5. The lowest BCUT2D eigenvalue weighted by atomic mass is 9.99. The van der Waals surface area contributed by atoms with E-state index in [1.54, 1.807) is 23.7 Å². The van der Waals surface area contributed by atoms with Gasteiger partial charge in [0, 0.05) is 24.5 Å². The molecule has 0 fully saturated rings. The van der Waals surface area contributed by atoms with Gasteiger partial charge < -0.3 is 5.32 Å². The monoisotopic (exact) mass is 268 g/mol. The first-order valence-electron chi connectivity index (χ1n) is 6.30. The van der Waals surface area contributed by atoms with E-state index in [4.69, 9.17) is 0 Å². The van der Waals surface area contributed by atoms with Crippen LogP contribution < -0.4 is 5.32 Å². The third-order valence-corrected chi connectivity index (χ3v) is 4.39. The molecule has 19 heavy (non-hydrogen) atoms.